The van der Waals surface area contributed by atoms with Crippen molar-refractivity contribution in [3.05, 3.63) is 144 Å². The zero-order valence-corrected chi connectivity index (χ0v) is 20.6. The summed E-state index contributed by atoms with van der Waals surface area (Å²) in [7, 11) is 0. The summed E-state index contributed by atoms with van der Waals surface area (Å²) in [6.45, 7) is 1.96. The molecular formula is C33H33NO2. The van der Waals surface area contributed by atoms with E-state index in [1.807, 2.05) is 36.4 Å². The number of nitrogens with one attached hydrogen (secondary N) is 1. The van der Waals surface area contributed by atoms with Crippen molar-refractivity contribution < 1.29 is 9.53 Å². The fourth-order valence-electron chi connectivity index (χ4n) is 5.76. The highest BCUT2D eigenvalue weighted by Crippen LogP contribution is 2.42. The van der Waals surface area contributed by atoms with Crippen LogP contribution in [0, 0.1) is 0 Å². The van der Waals surface area contributed by atoms with Gasteiger partial charge in [-0.15, -0.1) is 0 Å². The van der Waals surface area contributed by atoms with E-state index in [-0.39, 0.29) is 5.97 Å². The van der Waals surface area contributed by atoms with Gasteiger partial charge in [0.25, 0.3) is 0 Å². The van der Waals surface area contributed by atoms with Crippen LogP contribution in [-0.4, -0.2) is 25.7 Å². The van der Waals surface area contributed by atoms with Crippen molar-refractivity contribution in [3.8, 4) is 0 Å². The summed E-state index contributed by atoms with van der Waals surface area (Å²) < 4.78 is 6.19. The molecule has 3 nitrogen and oxygen atoms in total. The summed E-state index contributed by atoms with van der Waals surface area (Å²) in [5.41, 5.74) is 3.60. The van der Waals surface area contributed by atoms with Crippen molar-refractivity contribution in [2.45, 2.75) is 30.1 Å². The van der Waals surface area contributed by atoms with Gasteiger partial charge in [0.1, 0.15) is 0 Å². The molecular weight excluding hydrogens is 442 g/mol. The largest absolute Gasteiger partial charge is 0.465 e. The van der Waals surface area contributed by atoms with Crippen LogP contribution in [-0.2, 0) is 20.4 Å². The standard InChI is InChI=1S/C33H33NO2/c35-31(32(21-24-34-25-22-32)27-13-5-1-6-14-27)36-26-23-33(28-15-7-2-8-16-28,29-17-9-3-10-18-29)30-19-11-4-12-20-30/h1-20,34H,21-26H2. The second-order valence-corrected chi connectivity index (χ2v) is 9.59. The zero-order valence-electron chi connectivity index (χ0n) is 20.6. The smallest absolute Gasteiger partial charge is 0.316 e. The fraction of sp³-hybridized carbons (Fsp3) is 0.242. The minimum Gasteiger partial charge on any atom is -0.465 e. The van der Waals surface area contributed by atoms with Gasteiger partial charge in [-0.1, -0.05) is 121 Å². The number of hydrogen-bond donors (Lipinski definition) is 1. The molecule has 0 aromatic heterocycles. The van der Waals surface area contributed by atoms with Gasteiger partial charge < -0.3 is 10.1 Å². The molecule has 1 fully saturated rings. The number of carbonyl (C=O) groups excluding carboxylic acids is 1. The van der Waals surface area contributed by atoms with E-state index < -0.39 is 10.8 Å². The first-order chi connectivity index (χ1) is 17.8. The third-order valence-electron chi connectivity index (χ3n) is 7.68. The van der Waals surface area contributed by atoms with Gasteiger partial charge in [0, 0.05) is 5.41 Å². The Morgan fingerprint density at radius 3 is 1.53 bits per heavy atom. The van der Waals surface area contributed by atoms with Crippen molar-refractivity contribution >= 4 is 5.97 Å². The van der Waals surface area contributed by atoms with E-state index in [2.05, 4.69) is 90.2 Å². The number of hydrogen-bond acceptors (Lipinski definition) is 3. The quantitative estimate of drug-likeness (QED) is 0.241. The number of carbonyl (C=O) groups is 1. The van der Waals surface area contributed by atoms with Crippen LogP contribution in [0.5, 0.6) is 0 Å². The molecule has 0 saturated carbocycles. The number of ether oxygens (including phenoxy) is 1. The molecule has 0 radical (unpaired) electrons. The van der Waals surface area contributed by atoms with Crippen LogP contribution in [0.2, 0.25) is 0 Å². The lowest BCUT2D eigenvalue weighted by Gasteiger charge is -2.38. The van der Waals surface area contributed by atoms with E-state index >= 15 is 0 Å². The van der Waals surface area contributed by atoms with Crippen LogP contribution >= 0.6 is 0 Å². The zero-order chi connectivity index (χ0) is 24.7. The molecule has 182 valence electrons. The summed E-state index contributed by atoms with van der Waals surface area (Å²) in [5.74, 6) is -0.113. The number of benzene rings is 4. The molecule has 3 heteroatoms. The third kappa shape index (κ3) is 4.59. The average molecular weight is 476 g/mol. The lowest BCUT2D eigenvalue weighted by Crippen LogP contribution is -2.46. The van der Waals surface area contributed by atoms with Gasteiger partial charge in [-0.05, 0) is 54.6 Å². The Bertz CT molecular complexity index is 1140. The first-order valence-electron chi connectivity index (χ1n) is 12.9. The first kappa shape index (κ1) is 24.0. The maximum absolute atomic E-state index is 13.8. The third-order valence-corrected chi connectivity index (χ3v) is 7.68. The van der Waals surface area contributed by atoms with Crippen LogP contribution in [0.4, 0.5) is 0 Å². The number of rotatable bonds is 8. The Hall–Kier alpha value is -3.69. The van der Waals surface area contributed by atoms with Gasteiger partial charge in [0.2, 0.25) is 0 Å². The first-order valence-corrected chi connectivity index (χ1v) is 12.9. The predicted molar refractivity (Wildman–Crippen MR) is 145 cm³/mol. The van der Waals surface area contributed by atoms with Gasteiger partial charge in [-0.25, -0.2) is 0 Å². The SMILES string of the molecule is O=C(OCCC(c1ccccc1)(c1ccccc1)c1ccccc1)C1(c2ccccc2)CCNCC1. The highest BCUT2D eigenvalue weighted by atomic mass is 16.5. The number of esters is 1. The molecule has 0 bridgehead atoms. The maximum atomic E-state index is 13.8. The van der Waals surface area contributed by atoms with Gasteiger partial charge >= 0.3 is 5.97 Å². The molecule has 0 atom stereocenters. The van der Waals surface area contributed by atoms with Gasteiger partial charge in [-0.2, -0.15) is 0 Å². The average Bonchev–Trinajstić information content (AvgIpc) is 2.97. The molecule has 0 aliphatic carbocycles. The topological polar surface area (TPSA) is 38.3 Å². The van der Waals surface area contributed by atoms with Crippen molar-refractivity contribution in [1.82, 2.24) is 5.32 Å². The molecule has 1 heterocycles. The molecule has 5 rings (SSSR count). The van der Waals surface area contributed by atoms with Gasteiger partial charge in [0.15, 0.2) is 0 Å². The summed E-state index contributed by atoms with van der Waals surface area (Å²) in [5, 5.41) is 3.40. The molecule has 4 aromatic carbocycles. The minimum absolute atomic E-state index is 0.113. The second-order valence-electron chi connectivity index (χ2n) is 9.59. The predicted octanol–water partition coefficient (Wildman–Crippen LogP) is 6.28. The summed E-state index contributed by atoms with van der Waals surface area (Å²) in [6.07, 6.45) is 2.15. The lowest BCUT2D eigenvalue weighted by molar-refractivity contribution is -0.152. The van der Waals surface area contributed by atoms with Crippen LogP contribution in [0.1, 0.15) is 41.5 Å². The molecule has 0 spiro atoms. The van der Waals surface area contributed by atoms with E-state index in [4.69, 9.17) is 4.74 Å². The van der Waals surface area contributed by atoms with Crippen LogP contribution in [0.25, 0.3) is 0 Å². The Morgan fingerprint density at radius 2 is 1.08 bits per heavy atom. The van der Waals surface area contributed by atoms with Gasteiger partial charge in [-0.3, -0.25) is 4.79 Å². The van der Waals surface area contributed by atoms with E-state index in [0.717, 1.165) is 31.5 Å². The minimum atomic E-state index is -0.596. The Morgan fingerprint density at radius 1 is 0.667 bits per heavy atom. The molecule has 1 aliphatic heterocycles. The molecule has 0 unspecified atom stereocenters. The molecule has 36 heavy (non-hydrogen) atoms. The molecule has 1 aliphatic rings. The van der Waals surface area contributed by atoms with Crippen molar-refractivity contribution in [1.29, 1.82) is 0 Å². The number of piperidine rings is 1. The van der Waals surface area contributed by atoms with E-state index in [9.17, 15) is 4.79 Å². The maximum Gasteiger partial charge on any atom is 0.316 e. The summed E-state index contributed by atoms with van der Waals surface area (Å²) in [6, 6.07) is 41.9. The molecule has 1 saturated heterocycles. The van der Waals surface area contributed by atoms with Crippen LogP contribution < -0.4 is 5.32 Å². The summed E-state index contributed by atoms with van der Waals surface area (Å²) >= 11 is 0. The Labute approximate surface area is 214 Å². The highest BCUT2D eigenvalue weighted by Gasteiger charge is 2.43. The van der Waals surface area contributed by atoms with Crippen LogP contribution in [0.15, 0.2) is 121 Å². The Balaban J connectivity index is 1.49. The van der Waals surface area contributed by atoms with Gasteiger partial charge in [0.05, 0.1) is 12.0 Å². The van der Waals surface area contributed by atoms with Crippen LogP contribution in [0.3, 0.4) is 0 Å². The second kappa shape index (κ2) is 10.9. The molecule has 1 N–H and O–H groups in total. The van der Waals surface area contributed by atoms with Crippen molar-refractivity contribution in [2.24, 2.45) is 0 Å². The normalized spacial score (nSPS) is 15.2. The monoisotopic (exact) mass is 475 g/mol. The van der Waals surface area contributed by atoms with E-state index in [1.165, 1.54) is 16.7 Å². The Kier molecular flexibility index (Phi) is 7.29. The van der Waals surface area contributed by atoms with E-state index in [1.54, 1.807) is 0 Å². The van der Waals surface area contributed by atoms with E-state index in [0.29, 0.717) is 13.0 Å². The van der Waals surface area contributed by atoms with Crippen molar-refractivity contribution in [3.63, 3.8) is 0 Å². The summed E-state index contributed by atoms with van der Waals surface area (Å²) in [4.78, 5) is 13.8. The fourth-order valence-corrected chi connectivity index (χ4v) is 5.76. The van der Waals surface area contributed by atoms with Crippen molar-refractivity contribution in [2.75, 3.05) is 19.7 Å². The molecule has 4 aromatic rings. The molecule has 0 amide bonds. The highest BCUT2D eigenvalue weighted by molar-refractivity contribution is 5.83. The lowest BCUT2D eigenvalue weighted by atomic mass is 9.67.